The zero-order chi connectivity index (χ0) is 14.0. The Hall–Kier alpha value is -1.37. The summed E-state index contributed by atoms with van der Waals surface area (Å²) < 4.78 is 0.516. The molecule has 0 fully saturated rings. The smallest absolute Gasteiger partial charge is 0.312 e. The number of nitro groups is 1. The van der Waals surface area contributed by atoms with E-state index in [1.165, 1.54) is 12.3 Å². The third kappa shape index (κ3) is 3.15. The van der Waals surface area contributed by atoms with Crippen LogP contribution in [-0.2, 0) is 0 Å². The third-order valence-electron chi connectivity index (χ3n) is 2.24. The first kappa shape index (κ1) is 14.0. The molecular weight excluding hydrogens is 357 g/mol. The van der Waals surface area contributed by atoms with Crippen molar-refractivity contribution in [3.05, 3.63) is 55.1 Å². The van der Waals surface area contributed by atoms with Crippen LogP contribution in [0.5, 0.6) is 0 Å². The van der Waals surface area contributed by atoms with Crippen molar-refractivity contribution in [1.82, 2.24) is 4.98 Å². The van der Waals surface area contributed by atoms with Crippen LogP contribution in [0, 0.1) is 10.1 Å². The standard InChI is InChI=1S/C11H6BrCl2N3O2/c12-6-4-9(17(18)19)11(15-5-6)16-8-3-1-2-7(13)10(8)14/h1-5H,(H,15,16). The summed E-state index contributed by atoms with van der Waals surface area (Å²) in [5, 5.41) is 14.4. The molecule has 1 aromatic carbocycles. The maximum absolute atomic E-state index is 11.0. The molecule has 1 aromatic heterocycles. The second-order valence-corrected chi connectivity index (χ2v) is 5.21. The molecule has 2 aromatic rings. The van der Waals surface area contributed by atoms with Gasteiger partial charge < -0.3 is 5.32 Å². The van der Waals surface area contributed by atoms with Crippen LogP contribution in [0.25, 0.3) is 0 Å². The van der Waals surface area contributed by atoms with E-state index in [9.17, 15) is 10.1 Å². The number of aromatic nitrogens is 1. The number of pyridine rings is 1. The van der Waals surface area contributed by atoms with Crippen molar-refractivity contribution >= 4 is 56.3 Å². The van der Waals surface area contributed by atoms with Crippen molar-refractivity contribution in [2.24, 2.45) is 0 Å². The summed E-state index contributed by atoms with van der Waals surface area (Å²) in [6.45, 7) is 0. The molecule has 98 valence electrons. The summed E-state index contributed by atoms with van der Waals surface area (Å²) in [7, 11) is 0. The highest BCUT2D eigenvalue weighted by Gasteiger charge is 2.17. The quantitative estimate of drug-likeness (QED) is 0.628. The van der Waals surface area contributed by atoms with Crippen LogP contribution in [0.2, 0.25) is 10.0 Å². The predicted molar refractivity (Wildman–Crippen MR) is 78.3 cm³/mol. The molecule has 0 atom stereocenters. The minimum Gasteiger partial charge on any atom is -0.333 e. The highest BCUT2D eigenvalue weighted by molar-refractivity contribution is 9.10. The molecule has 0 saturated carbocycles. The Kier molecular flexibility index (Phi) is 4.24. The number of nitrogens with zero attached hydrogens (tertiary/aromatic N) is 2. The van der Waals surface area contributed by atoms with Crippen LogP contribution in [0.1, 0.15) is 0 Å². The highest BCUT2D eigenvalue weighted by atomic mass is 79.9. The average Bonchev–Trinajstić information content (AvgIpc) is 2.36. The fourth-order valence-corrected chi connectivity index (χ4v) is 2.06. The van der Waals surface area contributed by atoms with Gasteiger partial charge in [0, 0.05) is 16.7 Å². The van der Waals surface area contributed by atoms with Crippen molar-refractivity contribution in [3.63, 3.8) is 0 Å². The molecular formula is C11H6BrCl2N3O2. The second kappa shape index (κ2) is 5.73. The molecule has 0 saturated heterocycles. The maximum atomic E-state index is 11.0. The number of halogens is 3. The summed E-state index contributed by atoms with van der Waals surface area (Å²) in [5.74, 6) is 0.0948. The molecule has 0 bridgehead atoms. The molecule has 0 aliphatic heterocycles. The Morgan fingerprint density at radius 2 is 2.11 bits per heavy atom. The topological polar surface area (TPSA) is 68.1 Å². The zero-order valence-electron chi connectivity index (χ0n) is 9.23. The van der Waals surface area contributed by atoms with E-state index in [1.807, 2.05) is 0 Å². The number of hydrogen-bond donors (Lipinski definition) is 1. The van der Waals surface area contributed by atoms with E-state index in [4.69, 9.17) is 23.2 Å². The predicted octanol–water partition coefficient (Wildman–Crippen LogP) is 4.80. The fourth-order valence-electron chi connectivity index (χ4n) is 1.39. The summed E-state index contributed by atoms with van der Waals surface area (Å²) >= 11 is 15.0. The minimum atomic E-state index is -0.529. The number of hydrogen-bond acceptors (Lipinski definition) is 4. The van der Waals surface area contributed by atoms with Gasteiger partial charge in [0.1, 0.15) is 0 Å². The van der Waals surface area contributed by atoms with Crippen molar-refractivity contribution in [2.75, 3.05) is 5.32 Å². The average molecular weight is 363 g/mol. The van der Waals surface area contributed by atoms with Gasteiger partial charge in [-0.3, -0.25) is 10.1 Å². The summed E-state index contributed by atoms with van der Waals surface area (Å²) in [6.07, 6.45) is 1.45. The van der Waals surface area contributed by atoms with Crippen molar-refractivity contribution < 1.29 is 4.92 Å². The van der Waals surface area contributed by atoms with Gasteiger partial charge >= 0.3 is 5.69 Å². The van der Waals surface area contributed by atoms with Gasteiger partial charge in [-0.05, 0) is 28.1 Å². The van der Waals surface area contributed by atoms with Crippen LogP contribution in [0.15, 0.2) is 34.9 Å². The Morgan fingerprint density at radius 3 is 2.79 bits per heavy atom. The molecule has 19 heavy (non-hydrogen) atoms. The van der Waals surface area contributed by atoms with Gasteiger partial charge in [-0.1, -0.05) is 29.3 Å². The normalized spacial score (nSPS) is 10.3. The Balaban J connectivity index is 2.44. The van der Waals surface area contributed by atoms with Crippen LogP contribution in [0.3, 0.4) is 0 Å². The highest BCUT2D eigenvalue weighted by Crippen LogP contribution is 2.34. The van der Waals surface area contributed by atoms with E-state index >= 15 is 0 Å². The lowest BCUT2D eigenvalue weighted by atomic mass is 10.3. The lowest BCUT2D eigenvalue weighted by molar-refractivity contribution is -0.384. The van der Waals surface area contributed by atoms with Crippen LogP contribution in [-0.4, -0.2) is 9.91 Å². The summed E-state index contributed by atoms with van der Waals surface area (Å²) in [5.41, 5.74) is 0.289. The first-order valence-corrected chi connectivity index (χ1v) is 6.55. The summed E-state index contributed by atoms with van der Waals surface area (Å²) in [4.78, 5) is 14.4. The fraction of sp³-hybridized carbons (Fsp3) is 0. The molecule has 1 N–H and O–H groups in total. The Morgan fingerprint density at radius 1 is 1.37 bits per heavy atom. The largest absolute Gasteiger partial charge is 0.333 e. The van der Waals surface area contributed by atoms with Gasteiger partial charge in [0.15, 0.2) is 0 Å². The number of rotatable bonds is 3. The molecule has 0 spiro atoms. The van der Waals surface area contributed by atoms with Crippen LogP contribution in [0.4, 0.5) is 17.2 Å². The van der Waals surface area contributed by atoms with E-state index < -0.39 is 4.92 Å². The Bertz CT molecular complexity index is 652. The zero-order valence-corrected chi connectivity index (χ0v) is 12.3. The molecule has 0 unspecified atom stereocenters. The van der Waals surface area contributed by atoms with Gasteiger partial charge in [0.05, 0.1) is 20.7 Å². The molecule has 0 aliphatic carbocycles. The van der Waals surface area contributed by atoms with Crippen molar-refractivity contribution in [2.45, 2.75) is 0 Å². The molecule has 8 heteroatoms. The number of nitrogens with one attached hydrogen (secondary N) is 1. The Labute approximate surface area is 126 Å². The first-order chi connectivity index (χ1) is 8.99. The molecule has 0 radical (unpaired) electrons. The van der Waals surface area contributed by atoms with Gasteiger partial charge in [0.25, 0.3) is 0 Å². The van der Waals surface area contributed by atoms with Crippen molar-refractivity contribution in [3.8, 4) is 0 Å². The molecule has 0 aliphatic rings. The van der Waals surface area contributed by atoms with Gasteiger partial charge in [-0.25, -0.2) is 4.98 Å². The van der Waals surface area contributed by atoms with Gasteiger partial charge in [-0.15, -0.1) is 0 Å². The monoisotopic (exact) mass is 361 g/mol. The molecule has 1 heterocycles. The van der Waals surface area contributed by atoms with Crippen molar-refractivity contribution in [1.29, 1.82) is 0 Å². The van der Waals surface area contributed by atoms with Crippen LogP contribution < -0.4 is 5.32 Å². The third-order valence-corrected chi connectivity index (χ3v) is 3.49. The molecule has 2 rings (SSSR count). The molecule has 0 amide bonds. The van der Waals surface area contributed by atoms with Gasteiger partial charge in [-0.2, -0.15) is 0 Å². The van der Waals surface area contributed by atoms with Gasteiger partial charge in [0.2, 0.25) is 5.82 Å². The van der Waals surface area contributed by atoms with E-state index in [1.54, 1.807) is 18.2 Å². The van der Waals surface area contributed by atoms with E-state index in [0.29, 0.717) is 15.2 Å². The lowest BCUT2D eigenvalue weighted by Crippen LogP contribution is -2.00. The number of anilines is 2. The second-order valence-electron chi connectivity index (χ2n) is 3.50. The van der Waals surface area contributed by atoms with E-state index in [2.05, 4.69) is 26.2 Å². The lowest BCUT2D eigenvalue weighted by Gasteiger charge is -2.08. The SMILES string of the molecule is O=[N+]([O-])c1cc(Br)cnc1Nc1cccc(Cl)c1Cl. The van der Waals surface area contributed by atoms with Crippen LogP contribution >= 0.6 is 39.1 Å². The summed E-state index contributed by atoms with van der Waals surface area (Å²) in [6, 6.07) is 6.31. The maximum Gasteiger partial charge on any atom is 0.312 e. The van der Waals surface area contributed by atoms with E-state index in [0.717, 1.165) is 0 Å². The molecule has 5 nitrogen and oxygen atoms in total. The first-order valence-electron chi connectivity index (χ1n) is 5.00. The number of benzene rings is 1. The minimum absolute atomic E-state index is 0.0948. The van der Waals surface area contributed by atoms with E-state index in [-0.39, 0.29) is 16.5 Å².